The van der Waals surface area contributed by atoms with Gasteiger partial charge in [-0.2, -0.15) is 0 Å². The van der Waals surface area contributed by atoms with Crippen molar-refractivity contribution in [3.8, 4) is 0 Å². The van der Waals surface area contributed by atoms with E-state index in [9.17, 15) is 0 Å². The van der Waals surface area contributed by atoms with E-state index in [1.807, 2.05) is 0 Å². The predicted molar refractivity (Wildman–Crippen MR) is 70.0 cm³/mol. The first-order valence-electron chi connectivity index (χ1n) is 2.20. The smallest absolute Gasteiger partial charge is 0.241 e. The van der Waals surface area contributed by atoms with Crippen molar-refractivity contribution >= 4 is 75.8 Å². The topological polar surface area (TPSA) is 3.24 Å². The summed E-state index contributed by atoms with van der Waals surface area (Å²) in [4.78, 5) is 0. The Morgan fingerprint density at radius 2 is 1.62 bits per heavy atom. The van der Waals surface area contributed by atoms with E-state index in [-0.39, 0.29) is 0 Å². The number of halogens is 3. The van der Waals surface area contributed by atoms with E-state index in [4.69, 9.17) is 0 Å². The molecule has 0 aliphatic heterocycles. The molecule has 0 aromatic rings. The van der Waals surface area contributed by atoms with Crippen LogP contribution in [0.5, 0.6) is 0 Å². The van der Waals surface area contributed by atoms with Crippen molar-refractivity contribution in [2.45, 2.75) is 6.55 Å². The lowest BCUT2D eigenvalue weighted by atomic mass is 11.6. The van der Waals surface area contributed by atoms with Gasteiger partial charge in [0.15, 0.2) is 6.45 Å². The third-order valence-corrected chi connectivity index (χ3v) is 18.2. The molecule has 0 saturated heterocycles. The van der Waals surface area contributed by atoms with E-state index < -0.39 is 10.4 Å². The fraction of sp³-hybridized carbons (Fsp3) is 1.00. The van der Waals surface area contributed by atoms with Crippen molar-refractivity contribution in [2.24, 2.45) is 0 Å². The molecule has 1 unspecified atom stereocenters. The van der Waals surface area contributed by atoms with Gasteiger partial charge in [-0.05, 0) is 7.05 Å². The van der Waals surface area contributed by atoms with E-state index in [0.717, 1.165) is 0 Å². The summed E-state index contributed by atoms with van der Waals surface area (Å²) >= 11 is 7.70. The zero-order chi connectivity index (χ0) is 6.73. The lowest BCUT2D eigenvalue weighted by Gasteiger charge is -2.18. The van der Waals surface area contributed by atoms with E-state index >= 15 is 0 Å². The molecular weight excluding hydrogens is 475 g/mol. The zero-order valence-electron chi connectivity index (χ0n) is 4.74. The van der Waals surface area contributed by atoms with Crippen LogP contribution in [0.2, 0.25) is 6.55 Å². The van der Waals surface area contributed by atoms with Crippen LogP contribution >= 0.6 is 65.4 Å². The maximum absolute atomic E-state index is 2.57. The molecular formula is C2H8I3NSi2. The van der Waals surface area contributed by atoms with Crippen molar-refractivity contribution in [2.75, 3.05) is 7.05 Å². The number of hydrogen-bond donors (Lipinski definition) is 0. The maximum atomic E-state index is 2.57. The summed E-state index contributed by atoms with van der Waals surface area (Å²) in [6.45, 7) is 1.89. The minimum absolute atomic E-state index is 0.472. The summed E-state index contributed by atoms with van der Waals surface area (Å²) in [6.07, 6.45) is 0. The van der Waals surface area contributed by atoms with Crippen LogP contribution < -0.4 is 0 Å². The minimum atomic E-state index is -0.495. The van der Waals surface area contributed by atoms with Crippen LogP contribution in [-0.4, -0.2) is 21.7 Å². The molecule has 0 bridgehead atoms. The van der Waals surface area contributed by atoms with Gasteiger partial charge in [0.05, 0.1) is 0 Å². The Hall–Kier alpha value is 2.58. The lowest BCUT2D eigenvalue weighted by molar-refractivity contribution is 0.865. The Morgan fingerprint density at radius 1 is 1.25 bits per heavy atom. The van der Waals surface area contributed by atoms with Crippen LogP contribution in [0, 0.1) is 0 Å². The molecule has 0 aliphatic rings. The van der Waals surface area contributed by atoms with Gasteiger partial charge in [0.2, 0.25) is 3.95 Å². The van der Waals surface area contributed by atoms with Crippen molar-refractivity contribution < 1.29 is 0 Å². The summed E-state index contributed by atoms with van der Waals surface area (Å²) in [6, 6.07) is 0. The van der Waals surface area contributed by atoms with Crippen LogP contribution in [0.15, 0.2) is 0 Å². The molecule has 0 rings (SSSR count). The van der Waals surface area contributed by atoms with Crippen molar-refractivity contribution in [3.05, 3.63) is 0 Å². The van der Waals surface area contributed by atoms with Crippen molar-refractivity contribution in [3.63, 3.8) is 0 Å². The van der Waals surface area contributed by atoms with Gasteiger partial charge in [0.25, 0.3) is 0 Å². The standard InChI is InChI=1S/C2H8I3NSi2/c1-6(7(2)3)8(4)5/h7-8H,1-2H3. The van der Waals surface area contributed by atoms with Gasteiger partial charge in [0.1, 0.15) is 0 Å². The molecule has 0 amide bonds. The Morgan fingerprint density at radius 3 is 1.62 bits per heavy atom. The minimum Gasteiger partial charge on any atom is -0.330 e. The van der Waals surface area contributed by atoms with Gasteiger partial charge >= 0.3 is 0 Å². The number of rotatable bonds is 2. The predicted octanol–water partition coefficient (Wildman–Crippen LogP) is 1.79. The second-order valence-corrected chi connectivity index (χ2v) is 25.1. The zero-order valence-corrected chi connectivity index (χ0v) is 13.5. The van der Waals surface area contributed by atoms with Crippen LogP contribution in [0.4, 0.5) is 0 Å². The molecule has 0 aromatic heterocycles. The summed E-state index contributed by atoms with van der Waals surface area (Å²) in [5, 5.41) is 0. The highest BCUT2D eigenvalue weighted by Crippen LogP contribution is 2.12. The molecule has 6 heteroatoms. The Kier molecular flexibility index (Phi) is 6.96. The Balaban J connectivity index is 3.46. The van der Waals surface area contributed by atoms with Gasteiger partial charge < -0.3 is 4.23 Å². The molecule has 0 heterocycles. The maximum Gasteiger partial charge on any atom is 0.241 e. The Labute approximate surface area is 92.0 Å². The number of nitrogens with zero attached hydrogens (tertiary/aromatic N) is 1. The first kappa shape index (κ1) is 10.6. The van der Waals surface area contributed by atoms with Crippen LogP contribution in [0.1, 0.15) is 0 Å². The molecule has 0 fully saturated rings. The van der Waals surface area contributed by atoms with Crippen LogP contribution in [0.25, 0.3) is 0 Å². The molecule has 1 nitrogen and oxygen atoms in total. The molecule has 0 aromatic carbocycles. The summed E-state index contributed by atoms with van der Waals surface area (Å²) in [5.74, 6) is 0. The van der Waals surface area contributed by atoms with Gasteiger partial charge in [-0.3, -0.25) is 0 Å². The quantitative estimate of drug-likeness (QED) is 0.329. The average Bonchev–Trinajstić information content (AvgIpc) is 1.64. The summed E-state index contributed by atoms with van der Waals surface area (Å²) < 4.78 is 2.08. The molecule has 0 N–H and O–H groups in total. The highest BCUT2D eigenvalue weighted by atomic mass is 127. The van der Waals surface area contributed by atoms with Crippen molar-refractivity contribution in [1.29, 1.82) is 0 Å². The van der Waals surface area contributed by atoms with Gasteiger partial charge in [-0.1, -0.05) is 50.1 Å². The number of hydrogen-bond acceptors (Lipinski definition) is 1. The fourth-order valence-corrected chi connectivity index (χ4v) is 24.1. The third kappa shape index (κ3) is 4.41. The second kappa shape index (κ2) is 5.26. The van der Waals surface area contributed by atoms with Crippen LogP contribution in [0.3, 0.4) is 0 Å². The highest BCUT2D eigenvalue weighted by molar-refractivity contribution is 14.3. The van der Waals surface area contributed by atoms with Crippen molar-refractivity contribution in [1.82, 2.24) is 4.23 Å². The molecule has 50 valence electrons. The summed E-state index contributed by atoms with van der Waals surface area (Å²) in [5.41, 5.74) is 0. The first-order valence-corrected chi connectivity index (χ1v) is 16.9. The van der Waals surface area contributed by atoms with Gasteiger partial charge in [-0.25, -0.2) is 0 Å². The molecule has 0 radical (unpaired) electrons. The lowest BCUT2D eigenvalue weighted by Crippen LogP contribution is -2.33. The SMILES string of the molecule is CN([SiH](C)I)[SiH](I)I. The van der Waals surface area contributed by atoms with Gasteiger partial charge in [-0.15, -0.1) is 21.8 Å². The second-order valence-electron chi connectivity index (χ2n) is 1.52. The monoisotopic (exact) mass is 483 g/mol. The largest absolute Gasteiger partial charge is 0.330 e. The average molecular weight is 483 g/mol. The Bertz CT molecular complexity index is 60.3. The molecule has 0 aliphatic carbocycles. The van der Waals surface area contributed by atoms with Crippen LogP contribution in [-0.2, 0) is 0 Å². The molecule has 0 saturated carbocycles. The normalized spacial score (nSPS) is 15.4. The first-order chi connectivity index (χ1) is 3.55. The fourth-order valence-electron chi connectivity index (χ4n) is 0.155. The summed E-state index contributed by atoms with van der Waals surface area (Å²) in [7, 11) is 2.25. The van der Waals surface area contributed by atoms with E-state index in [0.29, 0.717) is 0 Å². The highest BCUT2D eigenvalue weighted by Gasteiger charge is 2.13. The molecule has 0 spiro atoms. The molecule has 8 heavy (non-hydrogen) atoms. The van der Waals surface area contributed by atoms with E-state index in [2.05, 4.69) is 83.2 Å². The van der Waals surface area contributed by atoms with E-state index in [1.165, 1.54) is 0 Å². The van der Waals surface area contributed by atoms with Gasteiger partial charge in [0, 0.05) is 0 Å². The third-order valence-electron chi connectivity index (χ3n) is 0.869. The van der Waals surface area contributed by atoms with E-state index in [1.54, 1.807) is 0 Å². The molecule has 1 atom stereocenters.